The van der Waals surface area contributed by atoms with Crippen molar-refractivity contribution in [1.29, 1.82) is 0 Å². The number of hydrogen-bond donors (Lipinski definition) is 2. The number of halogens is 1. The number of rotatable bonds is 8. The topological polar surface area (TPSA) is 96.9 Å². The molecule has 3 aromatic rings. The molecule has 0 aliphatic carbocycles. The number of amides is 2. The predicted octanol–water partition coefficient (Wildman–Crippen LogP) is 3.77. The van der Waals surface area contributed by atoms with Gasteiger partial charge >= 0.3 is 0 Å². The van der Waals surface area contributed by atoms with Crippen molar-refractivity contribution in [2.24, 2.45) is 0 Å². The minimum absolute atomic E-state index is 0.0539. The summed E-state index contributed by atoms with van der Waals surface area (Å²) >= 11 is 1.48. The maximum atomic E-state index is 12.9. The molecule has 0 saturated carbocycles. The molecule has 0 atom stereocenters. The Labute approximate surface area is 171 Å². The highest BCUT2D eigenvalue weighted by Gasteiger charge is 2.08. The van der Waals surface area contributed by atoms with E-state index in [2.05, 4.69) is 25.8 Å². The average Bonchev–Trinajstić information content (AvgIpc) is 2.73. The third-order valence-electron chi connectivity index (χ3n) is 3.75. The molecular formula is C20H18FN5O2S. The Morgan fingerprint density at radius 2 is 1.69 bits per heavy atom. The lowest BCUT2D eigenvalue weighted by Crippen LogP contribution is -2.13. The minimum atomic E-state index is -0.405. The van der Waals surface area contributed by atoms with Crippen molar-refractivity contribution in [3.8, 4) is 0 Å². The number of pyridine rings is 1. The van der Waals surface area contributed by atoms with Crippen molar-refractivity contribution < 1.29 is 14.0 Å². The fourth-order valence-electron chi connectivity index (χ4n) is 2.32. The number of hydrogen-bond acceptors (Lipinski definition) is 6. The zero-order valence-corrected chi connectivity index (χ0v) is 16.2. The van der Waals surface area contributed by atoms with Crippen molar-refractivity contribution in [1.82, 2.24) is 15.2 Å². The number of carbonyl (C=O) groups is 2. The van der Waals surface area contributed by atoms with E-state index in [1.165, 1.54) is 36.0 Å². The molecule has 0 bridgehead atoms. The van der Waals surface area contributed by atoms with E-state index in [1.807, 2.05) is 0 Å². The standard InChI is InChI=1S/C20H18FN5O2S/c21-15-5-3-14(4-6-15)20(28)24-17-7-8-19(26-25-17)29-13-1-2-18(27)23-16-9-11-22-12-10-16/h3-12H,1-2,13H2,(H,22,23,27)(H,24,25,28). The second-order valence-electron chi connectivity index (χ2n) is 5.95. The fourth-order valence-corrected chi connectivity index (χ4v) is 3.08. The van der Waals surface area contributed by atoms with Gasteiger partial charge in [-0.1, -0.05) is 0 Å². The number of anilines is 2. The van der Waals surface area contributed by atoms with Gasteiger partial charge < -0.3 is 10.6 Å². The molecule has 0 aliphatic heterocycles. The van der Waals surface area contributed by atoms with Crippen LogP contribution in [-0.2, 0) is 4.79 Å². The van der Waals surface area contributed by atoms with E-state index < -0.39 is 5.82 Å². The monoisotopic (exact) mass is 411 g/mol. The van der Waals surface area contributed by atoms with Crippen LogP contribution >= 0.6 is 11.8 Å². The van der Waals surface area contributed by atoms with Gasteiger partial charge in [0, 0.05) is 35.8 Å². The van der Waals surface area contributed by atoms with Crippen LogP contribution in [0, 0.1) is 5.82 Å². The van der Waals surface area contributed by atoms with Gasteiger partial charge in [0.1, 0.15) is 10.8 Å². The maximum Gasteiger partial charge on any atom is 0.256 e. The van der Waals surface area contributed by atoms with Crippen LogP contribution in [0.2, 0.25) is 0 Å². The molecular weight excluding hydrogens is 393 g/mol. The van der Waals surface area contributed by atoms with Gasteiger partial charge in [-0.25, -0.2) is 4.39 Å². The van der Waals surface area contributed by atoms with E-state index in [9.17, 15) is 14.0 Å². The number of nitrogens with zero attached hydrogens (tertiary/aromatic N) is 3. The molecule has 2 aromatic heterocycles. The molecule has 2 N–H and O–H groups in total. The first-order chi connectivity index (χ1) is 14.1. The first kappa shape index (κ1) is 20.4. The second kappa shape index (κ2) is 10.3. The molecule has 2 amide bonds. The summed E-state index contributed by atoms with van der Waals surface area (Å²) < 4.78 is 12.9. The summed E-state index contributed by atoms with van der Waals surface area (Å²) in [6.45, 7) is 0. The Hall–Kier alpha value is -3.33. The normalized spacial score (nSPS) is 10.4. The average molecular weight is 411 g/mol. The zero-order valence-electron chi connectivity index (χ0n) is 15.3. The Bertz CT molecular complexity index is 953. The van der Waals surface area contributed by atoms with Crippen LogP contribution < -0.4 is 10.6 Å². The van der Waals surface area contributed by atoms with Crippen molar-refractivity contribution in [3.63, 3.8) is 0 Å². The number of benzene rings is 1. The number of aromatic nitrogens is 3. The van der Waals surface area contributed by atoms with Gasteiger partial charge in [-0.15, -0.1) is 22.0 Å². The van der Waals surface area contributed by atoms with Gasteiger partial charge in [0.2, 0.25) is 5.91 Å². The predicted molar refractivity (Wildman–Crippen MR) is 109 cm³/mol. The van der Waals surface area contributed by atoms with Crippen LogP contribution in [0.3, 0.4) is 0 Å². The molecule has 0 saturated heterocycles. The van der Waals surface area contributed by atoms with Gasteiger partial charge in [-0.05, 0) is 55.0 Å². The van der Waals surface area contributed by atoms with Gasteiger partial charge in [0.05, 0.1) is 0 Å². The third kappa shape index (κ3) is 6.65. The summed E-state index contributed by atoms with van der Waals surface area (Å²) in [5, 5.41) is 14.1. The molecule has 2 heterocycles. The van der Waals surface area contributed by atoms with Gasteiger partial charge in [0.25, 0.3) is 5.91 Å². The largest absolute Gasteiger partial charge is 0.326 e. The molecule has 0 spiro atoms. The lowest BCUT2D eigenvalue weighted by Gasteiger charge is -2.06. The van der Waals surface area contributed by atoms with Crippen molar-refractivity contribution >= 4 is 35.1 Å². The van der Waals surface area contributed by atoms with Crippen molar-refractivity contribution in [2.45, 2.75) is 17.9 Å². The van der Waals surface area contributed by atoms with Crippen LogP contribution in [0.25, 0.3) is 0 Å². The Kier molecular flexibility index (Phi) is 7.23. The van der Waals surface area contributed by atoms with Crippen molar-refractivity contribution in [2.75, 3.05) is 16.4 Å². The minimum Gasteiger partial charge on any atom is -0.326 e. The molecule has 7 nitrogen and oxygen atoms in total. The van der Waals surface area contributed by atoms with Gasteiger partial charge in [-0.3, -0.25) is 14.6 Å². The van der Waals surface area contributed by atoms with Crippen LogP contribution in [0.1, 0.15) is 23.2 Å². The Balaban J connectivity index is 1.39. The summed E-state index contributed by atoms with van der Waals surface area (Å²) in [7, 11) is 0. The fraction of sp³-hybridized carbons (Fsp3) is 0.150. The highest BCUT2D eigenvalue weighted by molar-refractivity contribution is 7.99. The first-order valence-corrected chi connectivity index (χ1v) is 9.82. The molecule has 3 rings (SSSR count). The summed E-state index contributed by atoms with van der Waals surface area (Å²) in [4.78, 5) is 27.8. The van der Waals surface area contributed by atoms with Gasteiger partial charge in [0.15, 0.2) is 5.82 Å². The lowest BCUT2D eigenvalue weighted by atomic mass is 10.2. The molecule has 9 heteroatoms. The SMILES string of the molecule is O=C(CCCSc1ccc(NC(=O)c2ccc(F)cc2)nn1)Nc1ccncc1. The van der Waals surface area contributed by atoms with Crippen LogP contribution in [-0.4, -0.2) is 32.7 Å². The quantitative estimate of drug-likeness (QED) is 0.433. The highest BCUT2D eigenvalue weighted by Crippen LogP contribution is 2.18. The molecule has 0 aliphatic rings. The van der Waals surface area contributed by atoms with Gasteiger partial charge in [-0.2, -0.15) is 0 Å². The van der Waals surface area contributed by atoms with Crippen molar-refractivity contribution in [3.05, 3.63) is 72.3 Å². The zero-order chi connectivity index (χ0) is 20.5. The number of carbonyl (C=O) groups excluding carboxylic acids is 2. The van der Waals surface area contributed by atoms with E-state index in [1.54, 1.807) is 36.7 Å². The van der Waals surface area contributed by atoms with Crippen LogP contribution in [0.4, 0.5) is 15.9 Å². The third-order valence-corrected chi connectivity index (χ3v) is 4.76. The summed E-state index contributed by atoms with van der Waals surface area (Å²) in [5.74, 6) is 0.166. The Morgan fingerprint density at radius 3 is 2.38 bits per heavy atom. The molecule has 148 valence electrons. The molecule has 0 unspecified atom stereocenters. The smallest absolute Gasteiger partial charge is 0.256 e. The van der Waals surface area contributed by atoms with E-state index >= 15 is 0 Å². The van der Waals surface area contributed by atoms with Crippen LogP contribution in [0.15, 0.2) is 66.0 Å². The molecule has 29 heavy (non-hydrogen) atoms. The van der Waals surface area contributed by atoms with Crippen LogP contribution in [0.5, 0.6) is 0 Å². The summed E-state index contributed by atoms with van der Waals surface area (Å²) in [6, 6.07) is 12.1. The molecule has 0 radical (unpaired) electrons. The first-order valence-electron chi connectivity index (χ1n) is 8.83. The van der Waals surface area contributed by atoms with E-state index in [0.717, 1.165) is 5.69 Å². The number of thioether (sulfide) groups is 1. The lowest BCUT2D eigenvalue weighted by molar-refractivity contribution is -0.116. The number of nitrogens with one attached hydrogen (secondary N) is 2. The molecule has 0 fully saturated rings. The second-order valence-corrected chi connectivity index (χ2v) is 7.07. The van der Waals surface area contributed by atoms with E-state index in [4.69, 9.17) is 0 Å². The summed E-state index contributed by atoms with van der Waals surface area (Å²) in [6.07, 6.45) is 4.33. The van der Waals surface area contributed by atoms with E-state index in [0.29, 0.717) is 35.0 Å². The molecule has 1 aromatic carbocycles. The summed E-state index contributed by atoms with van der Waals surface area (Å²) in [5.41, 5.74) is 1.05. The Morgan fingerprint density at radius 1 is 0.931 bits per heavy atom. The highest BCUT2D eigenvalue weighted by atomic mass is 32.2. The maximum absolute atomic E-state index is 12.9. The van der Waals surface area contributed by atoms with E-state index in [-0.39, 0.29) is 11.8 Å².